The van der Waals surface area contributed by atoms with Gasteiger partial charge in [0.15, 0.2) is 0 Å². The first-order valence-corrected chi connectivity index (χ1v) is 5.20. The molecule has 1 aliphatic heterocycles. The fourth-order valence-electron chi connectivity index (χ4n) is 2.03. The van der Waals surface area contributed by atoms with Crippen molar-refractivity contribution in [3.05, 3.63) is 11.4 Å². The first-order valence-electron chi connectivity index (χ1n) is 5.20. The minimum atomic E-state index is -0.843. The summed E-state index contributed by atoms with van der Waals surface area (Å²) >= 11 is 0. The van der Waals surface area contributed by atoms with Crippen LogP contribution in [0.2, 0.25) is 0 Å². The van der Waals surface area contributed by atoms with Gasteiger partial charge in [-0.1, -0.05) is 0 Å². The molecule has 1 heterocycles. The zero-order chi connectivity index (χ0) is 13.1. The maximum absolute atomic E-state index is 7.31. The van der Waals surface area contributed by atoms with E-state index in [1.165, 1.54) is 14.2 Å². The molecule has 93 valence electrons. The van der Waals surface area contributed by atoms with Gasteiger partial charge in [-0.15, -0.1) is 0 Å². The Bertz CT molecular complexity index is 322. The van der Waals surface area contributed by atoms with Crippen LogP contribution >= 0.6 is 0 Å². The number of nitrogens with zero attached hydrogens (tertiary/aromatic N) is 2. The first-order chi connectivity index (χ1) is 8.04. The Labute approximate surface area is 102 Å². The van der Waals surface area contributed by atoms with E-state index in [0.717, 1.165) is 0 Å². The Balaban J connectivity index is 3.04. The second kappa shape index (κ2) is 5.58. The van der Waals surface area contributed by atoms with Gasteiger partial charge in [0, 0.05) is 0 Å². The molecule has 6 nitrogen and oxygen atoms in total. The van der Waals surface area contributed by atoms with Crippen LogP contribution in [0.15, 0.2) is 5.06 Å². The fourth-order valence-corrected chi connectivity index (χ4v) is 2.03. The molecular weight excluding hydrogens is 223 g/mol. The summed E-state index contributed by atoms with van der Waals surface area (Å²) in [5.74, 6) is 0. The van der Waals surface area contributed by atoms with Gasteiger partial charge < -0.3 is 0 Å². The standard InChI is InChI=1S/C10H16BN2O4/c1-6-10(2,12-3)8(15-5)7(14-4)9(16-6)17-13-11/h6-9H,1-2,4-5H3. The van der Waals surface area contributed by atoms with E-state index in [-0.39, 0.29) is 6.10 Å². The van der Waals surface area contributed by atoms with Gasteiger partial charge in [-0.2, -0.15) is 0 Å². The quantitative estimate of drug-likeness (QED) is 0.412. The van der Waals surface area contributed by atoms with Crippen LogP contribution in [0.4, 0.5) is 0 Å². The summed E-state index contributed by atoms with van der Waals surface area (Å²) in [6.45, 7) is 10.9. The molecule has 0 N–H and O–H groups in total. The van der Waals surface area contributed by atoms with Crippen LogP contribution in [0.1, 0.15) is 13.8 Å². The molecule has 0 amide bonds. The number of methoxy groups -OCH3 is 2. The Morgan fingerprint density at radius 3 is 2.47 bits per heavy atom. The fraction of sp³-hybridized carbons (Fsp3) is 0.900. The number of rotatable bonds is 4. The number of hydrogen-bond acceptors (Lipinski definition) is 5. The summed E-state index contributed by atoms with van der Waals surface area (Å²) in [6.07, 6.45) is -2.22. The monoisotopic (exact) mass is 239 g/mol. The molecule has 0 saturated carbocycles. The van der Waals surface area contributed by atoms with Crippen molar-refractivity contribution in [1.82, 2.24) is 0 Å². The van der Waals surface area contributed by atoms with Crippen LogP contribution in [-0.2, 0) is 19.0 Å². The van der Waals surface area contributed by atoms with Crippen molar-refractivity contribution >= 4 is 7.64 Å². The minimum absolute atomic E-state index is 0.386. The van der Waals surface area contributed by atoms with Crippen molar-refractivity contribution in [2.75, 3.05) is 14.2 Å². The van der Waals surface area contributed by atoms with E-state index in [4.69, 9.17) is 33.3 Å². The number of ether oxygens (including phenoxy) is 3. The zero-order valence-corrected chi connectivity index (χ0v) is 10.4. The summed E-state index contributed by atoms with van der Waals surface area (Å²) in [5, 5.41) is 3.10. The topological polar surface area (TPSA) is 53.6 Å². The van der Waals surface area contributed by atoms with Crippen LogP contribution in [0.3, 0.4) is 0 Å². The maximum atomic E-state index is 7.31. The Morgan fingerprint density at radius 1 is 1.41 bits per heavy atom. The Kier molecular flexibility index (Phi) is 4.63. The van der Waals surface area contributed by atoms with Gasteiger partial charge in [0.25, 0.3) is 0 Å². The van der Waals surface area contributed by atoms with Crippen molar-refractivity contribution in [3.63, 3.8) is 0 Å². The van der Waals surface area contributed by atoms with E-state index in [1.54, 1.807) is 13.8 Å². The Morgan fingerprint density at radius 2 is 2.06 bits per heavy atom. The molecule has 1 radical (unpaired) electrons. The third-order valence-electron chi connectivity index (χ3n) is 3.24. The van der Waals surface area contributed by atoms with Crippen LogP contribution in [0.25, 0.3) is 4.85 Å². The molecule has 0 spiro atoms. The second-order valence-electron chi connectivity index (χ2n) is 4.05. The number of hydrogen-bond donors (Lipinski definition) is 0. The van der Waals surface area contributed by atoms with E-state index in [9.17, 15) is 0 Å². The first kappa shape index (κ1) is 14.1. The summed E-state index contributed by atoms with van der Waals surface area (Å²) in [6, 6.07) is 0. The van der Waals surface area contributed by atoms with Gasteiger partial charge in [-0.25, -0.2) is 0 Å². The van der Waals surface area contributed by atoms with Gasteiger partial charge in [0.05, 0.1) is 0 Å². The predicted octanol–water partition coefficient (Wildman–Crippen LogP) is 0.723. The summed E-state index contributed by atoms with van der Waals surface area (Å²) in [4.78, 5) is 8.51. The van der Waals surface area contributed by atoms with E-state index < -0.39 is 24.0 Å². The molecule has 1 aliphatic rings. The van der Waals surface area contributed by atoms with Crippen molar-refractivity contribution in [3.8, 4) is 0 Å². The SMILES string of the molecule is [B]=NOC1OC(C)C(C)([N+]#[C-])C(OC)C1OC. The molecule has 17 heavy (non-hydrogen) atoms. The molecule has 1 fully saturated rings. The second-order valence-corrected chi connectivity index (χ2v) is 4.05. The zero-order valence-electron chi connectivity index (χ0n) is 10.4. The molecule has 0 aromatic rings. The van der Waals surface area contributed by atoms with Crippen LogP contribution in [0, 0.1) is 6.57 Å². The summed E-state index contributed by atoms with van der Waals surface area (Å²) in [7, 11) is 7.99. The van der Waals surface area contributed by atoms with Crippen molar-refractivity contribution in [2.24, 2.45) is 5.06 Å². The average molecular weight is 239 g/mol. The normalized spacial score (nSPS) is 41.5. The van der Waals surface area contributed by atoms with Crippen molar-refractivity contribution in [1.29, 1.82) is 0 Å². The van der Waals surface area contributed by atoms with Crippen LogP contribution in [-0.4, -0.2) is 52.0 Å². The molecule has 0 aromatic carbocycles. The van der Waals surface area contributed by atoms with E-state index >= 15 is 0 Å². The van der Waals surface area contributed by atoms with Gasteiger partial charge in [-0.3, -0.25) is 0 Å². The van der Waals surface area contributed by atoms with E-state index in [0.29, 0.717) is 0 Å². The predicted molar refractivity (Wildman–Crippen MR) is 60.2 cm³/mol. The van der Waals surface area contributed by atoms with Crippen LogP contribution in [0.5, 0.6) is 0 Å². The molecule has 0 bridgehead atoms. The third-order valence-corrected chi connectivity index (χ3v) is 3.24. The average Bonchev–Trinajstić information content (AvgIpc) is 2.33. The molecule has 1 saturated heterocycles. The third kappa shape index (κ3) is 2.34. The van der Waals surface area contributed by atoms with Gasteiger partial charge in [0.1, 0.15) is 0 Å². The van der Waals surface area contributed by atoms with Crippen molar-refractivity contribution in [2.45, 2.75) is 44.0 Å². The van der Waals surface area contributed by atoms with E-state index in [1.807, 2.05) is 0 Å². The molecule has 1 rings (SSSR count). The molecular formula is C10H16BN2O4. The van der Waals surface area contributed by atoms with Crippen LogP contribution < -0.4 is 0 Å². The molecule has 5 atom stereocenters. The van der Waals surface area contributed by atoms with Gasteiger partial charge in [0.2, 0.25) is 0 Å². The molecule has 0 aromatic heterocycles. The molecule has 0 aliphatic carbocycles. The van der Waals surface area contributed by atoms with Gasteiger partial charge >= 0.3 is 101 Å². The Hall–Kier alpha value is -0.965. The summed E-state index contributed by atoms with van der Waals surface area (Å²) in [5.41, 5.74) is -0.843. The molecule has 7 heteroatoms. The van der Waals surface area contributed by atoms with E-state index in [2.05, 4.69) is 9.90 Å². The van der Waals surface area contributed by atoms with Gasteiger partial charge in [-0.05, 0) is 0 Å². The summed E-state index contributed by atoms with van der Waals surface area (Å²) < 4.78 is 16.2. The molecule has 5 unspecified atom stereocenters. The van der Waals surface area contributed by atoms with Crippen molar-refractivity contribution < 1.29 is 19.0 Å².